The molecule has 0 aromatic heterocycles. The van der Waals surface area contributed by atoms with E-state index in [0.717, 1.165) is 37.8 Å². The maximum atomic E-state index is 12.8. The van der Waals surface area contributed by atoms with Gasteiger partial charge in [0.25, 0.3) is 0 Å². The molecule has 0 spiro atoms. The first kappa shape index (κ1) is 19.7. The van der Waals surface area contributed by atoms with Gasteiger partial charge in [0.2, 0.25) is 5.91 Å². The zero-order valence-corrected chi connectivity index (χ0v) is 17.4. The number of piperazine rings is 1. The molecule has 1 aliphatic heterocycles. The SMILES string of the molecule is C[C@H](Cc1ccc(O)c(Br)c1)C(=O)N1CCN(C2CCCCCC2)CC1. The van der Waals surface area contributed by atoms with Crippen molar-refractivity contribution in [3.63, 3.8) is 0 Å². The average Bonchev–Trinajstić information content (AvgIpc) is 2.94. The summed E-state index contributed by atoms with van der Waals surface area (Å²) in [4.78, 5) is 17.5. The molecule has 1 heterocycles. The second kappa shape index (κ2) is 9.23. The van der Waals surface area contributed by atoms with E-state index in [2.05, 4.69) is 20.8 Å². The molecule has 0 unspecified atom stereocenters. The summed E-state index contributed by atoms with van der Waals surface area (Å²) in [5.74, 6) is 0.466. The van der Waals surface area contributed by atoms with Crippen LogP contribution in [0.3, 0.4) is 0 Å². The van der Waals surface area contributed by atoms with Crippen molar-refractivity contribution in [3.05, 3.63) is 28.2 Å². The molecular formula is C21H31BrN2O2. The van der Waals surface area contributed by atoms with Gasteiger partial charge in [0, 0.05) is 38.1 Å². The number of rotatable bonds is 4. The van der Waals surface area contributed by atoms with E-state index in [0.29, 0.717) is 10.9 Å². The van der Waals surface area contributed by atoms with Gasteiger partial charge in [-0.25, -0.2) is 0 Å². The van der Waals surface area contributed by atoms with Crippen LogP contribution < -0.4 is 0 Å². The molecule has 0 bridgehead atoms. The monoisotopic (exact) mass is 422 g/mol. The van der Waals surface area contributed by atoms with Crippen LogP contribution in [0.1, 0.15) is 51.0 Å². The molecule has 1 aliphatic carbocycles. The Balaban J connectivity index is 1.50. The highest BCUT2D eigenvalue weighted by Crippen LogP contribution is 2.26. The minimum atomic E-state index is -0.0316. The van der Waals surface area contributed by atoms with E-state index in [4.69, 9.17) is 0 Å². The van der Waals surface area contributed by atoms with Crippen LogP contribution in [-0.4, -0.2) is 53.0 Å². The molecule has 5 heteroatoms. The summed E-state index contributed by atoms with van der Waals surface area (Å²) < 4.78 is 0.687. The van der Waals surface area contributed by atoms with Crippen LogP contribution in [0.15, 0.2) is 22.7 Å². The van der Waals surface area contributed by atoms with E-state index in [1.54, 1.807) is 6.07 Å². The van der Waals surface area contributed by atoms with Crippen molar-refractivity contribution in [2.24, 2.45) is 5.92 Å². The summed E-state index contributed by atoms with van der Waals surface area (Å²) in [6, 6.07) is 6.22. The smallest absolute Gasteiger partial charge is 0.225 e. The van der Waals surface area contributed by atoms with Gasteiger partial charge in [-0.1, -0.05) is 38.7 Å². The maximum absolute atomic E-state index is 12.8. The van der Waals surface area contributed by atoms with Crippen LogP contribution in [0.2, 0.25) is 0 Å². The molecular weight excluding hydrogens is 392 g/mol. The van der Waals surface area contributed by atoms with E-state index in [1.807, 2.05) is 24.0 Å². The quantitative estimate of drug-likeness (QED) is 0.739. The van der Waals surface area contributed by atoms with E-state index < -0.39 is 0 Å². The number of halogens is 1. The summed E-state index contributed by atoms with van der Waals surface area (Å²) in [5, 5.41) is 9.61. The normalized spacial score (nSPS) is 21.4. The highest BCUT2D eigenvalue weighted by atomic mass is 79.9. The highest BCUT2D eigenvalue weighted by molar-refractivity contribution is 9.10. The minimum absolute atomic E-state index is 0.0316. The number of phenols is 1. The van der Waals surface area contributed by atoms with Gasteiger partial charge in [-0.3, -0.25) is 9.69 Å². The zero-order valence-electron chi connectivity index (χ0n) is 15.8. The van der Waals surface area contributed by atoms with E-state index in [-0.39, 0.29) is 17.6 Å². The fraction of sp³-hybridized carbons (Fsp3) is 0.667. The fourth-order valence-electron chi connectivity index (χ4n) is 4.36. The van der Waals surface area contributed by atoms with Crippen molar-refractivity contribution >= 4 is 21.8 Å². The predicted octanol–water partition coefficient (Wildman–Crippen LogP) is 4.20. The number of amides is 1. The van der Waals surface area contributed by atoms with Crippen LogP contribution in [-0.2, 0) is 11.2 Å². The average molecular weight is 423 g/mol. The molecule has 3 rings (SSSR count). The van der Waals surface area contributed by atoms with Crippen LogP contribution in [0, 0.1) is 5.92 Å². The van der Waals surface area contributed by atoms with Crippen molar-refractivity contribution < 1.29 is 9.90 Å². The van der Waals surface area contributed by atoms with E-state index >= 15 is 0 Å². The number of aromatic hydroxyl groups is 1. The summed E-state index contributed by atoms with van der Waals surface area (Å²) in [5.41, 5.74) is 1.08. The lowest BCUT2D eigenvalue weighted by Gasteiger charge is -2.40. The maximum Gasteiger partial charge on any atom is 0.225 e. The molecule has 144 valence electrons. The lowest BCUT2D eigenvalue weighted by Crippen LogP contribution is -2.53. The number of carbonyl (C=O) groups excluding carboxylic acids is 1. The standard InChI is InChI=1S/C21H31BrN2O2/c1-16(14-17-8-9-20(25)19(22)15-17)21(26)24-12-10-23(11-13-24)18-6-4-2-3-5-7-18/h8-9,15-16,18,25H,2-7,10-14H2,1H3/t16-/m1/s1. The molecule has 1 aromatic carbocycles. The van der Waals surface area contributed by atoms with Gasteiger partial charge in [0.1, 0.15) is 5.75 Å². The van der Waals surface area contributed by atoms with Crippen LogP contribution in [0.25, 0.3) is 0 Å². The van der Waals surface area contributed by atoms with Crippen molar-refractivity contribution in [1.82, 2.24) is 9.80 Å². The Bertz CT molecular complexity index is 606. The number of carbonyl (C=O) groups is 1. The number of nitrogens with zero attached hydrogens (tertiary/aromatic N) is 2. The molecule has 26 heavy (non-hydrogen) atoms. The Morgan fingerprint density at radius 2 is 1.81 bits per heavy atom. The highest BCUT2D eigenvalue weighted by Gasteiger charge is 2.28. The van der Waals surface area contributed by atoms with Gasteiger partial charge in [-0.2, -0.15) is 0 Å². The van der Waals surface area contributed by atoms with Gasteiger partial charge in [-0.15, -0.1) is 0 Å². The molecule has 4 nitrogen and oxygen atoms in total. The van der Waals surface area contributed by atoms with Crippen LogP contribution in [0.4, 0.5) is 0 Å². The van der Waals surface area contributed by atoms with E-state index in [1.165, 1.54) is 38.5 Å². The van der Waals surface area contributed by atoms with Crippen molar-refractivity contribution in [2.45, 2.75) is 57.9 Å². The molecule has 1 aromatic rings. The number of phenolic OH excluding ortho intramolecular Hbond substituents is 1. The first-order chi connectivity index (χ1) is 12.5. The molecule has 0 radical (unpaired) electrons. The van der Waals surface area contributed by atoms with Gasteiger partial charge in [0.15, 0.2) is 0 Å². The second-order valence-electron chi connectivity index (χ2n) is 7.90. The van der Waals surface area contributed by atoms with Crippen molar-refractivity contribution in [2.75, 3.05) is 26.2 Å². The third-order valence-corrected chi connectivity index (χ3v) is 6.58. The summed E-state index contributed by atoms with van der Waals surface area (Å²) in [6.45, 7) is 5.78. The Kier molecular flexibility index (Phi) is 6.98. The fourth-order valence-corrected chi connectivity index (χ4v) is 4.79. The van der Waals surface area contributed by atoms with Crippen LogP contribution >= 0.6 is 15.9 Å². The van der Waals surface area contributed by atoms with Crippen LogP contribution in [0.5, 0.6) is 5.75 Å². The lowest BCUT2D eigenvalue weighted by molar-refractivity contribution is -0.137. The van der Waals surface area contributed by atoms with Gasteiger partial charge < -0.3 is 10.0 Å². The molecule has 1 saturated heterocycles. The minimum Gasteiger partial charge on any atom is -0.507 e. The molecule has 1 amide bonds. The Hall–Kier alpha value is -1.07. The topological polar surface area (TPSA) is 43.8 Å². The molecule has 1 saturated carbocycles. The lowest BCUT2D eigenvalue weighted by atomic mass is 9.99. The number of benzene rings is 1. The van der Waals surface area contributed by atoms with Gasteiger partial charge in [0.05, 0.1) is 4.47 Å². The first-order valence-corrected chi connectivity index (χ1v) is 10.8. The Morgan fingerprint density at radius 1 is 1.15 bits per heavy atom. The molecule has 1 N–H and O–H groups in total. The van der Waals surface area contributed by atoms with Gasteiger partial charge in [-0.05, 0) is 52.9 Å². The van der Waals surface area contributed by atoms with Crippen molar-refractivity contribution in [1.29, 1.82) is 0 Å². The Labute approximate surface area is 165 Å². The van der Waals surface area contributed by atoms with Crippen molar-refractivity contribution in [3.8, 4) is 5.75 Å². The molecule has 1 atom stereocenters. The molecule has 2 aliphatic rings. The first-order valence-electron chi connectivity index (χ1n) is 10.0. The zero-order chi connectivity index (χ0) is 18.5. The molecule has 2 fully saturated rings. The summed E-state index contributed by atoms with van der Waals surface area (Å²) in [7, 11) is 0. The van der Waals surface area contributed by atoms with E-state index in [9.17, 15) is 9.90 Å². The second-order valence-corrected chi connectivity index (χ2v) is 8.75. The summed E-state index contributed by atoms with van der Waals surface area (Å²) >= 11 is 3.35. The Morgan fingerprint density at radius 3 is 2.42 bits per heavy atom. The number of hydrogen-bond donors (Lipinski definition) is 1. The summed E-state index contributed by atoms with van der Waals surface area (Å²) in [6.07, 6.45) is 8.88. The predicted molar refractivity (Wildman–Crippen MR) is 108 cm³/mol. The largest absolute Gasteiger partial charge is 0.507 e. The third kappa shape index (κ3) is 5.01. The number of hydrogen-bond acceptors (Lipinski definition) is 3. The third-order valence-electron chi connectivity index (χ3n) is 5.94. The van der Waals surface area contributed by atoms with Gasteiger partial charge >= 0.3 is 0 Å².